The molecule has 6 heteroatoms. The number of aryl methyl sites for hydroxylation is 2. The molecule has 2 rings (SSSR count). The molecule has 1 aromatic heterocycles. The van der Waals surface area contributed by atoms with E-state index in [0.717, 1.165) is 5.56 Å². The minimum absolute atomic E-state index is 0.0159. The highest BCUT2D eigenvalue weighted by atomic mass is 19.1. The van der Waals surface area contributed by atoms with E-state index in [4.69, 9.17) is 4.42 Å². The number of carbonyl (C=O) groups is 2. The van der Waals surface area contributed by atoms with Crippen molar-refractivity contribution in [3.63, 3.8) is 0 Å². The topological polar surface area (TPSA) is 71.3 Å². The Morgan fingerprint density at radius 3 is 2.32 bits per heavy atom. The predicted molar refractivity (Wildman–Crippen MR) is 81.6 cm³/mol. The van der Waals surface area contributed by atoms with E-state index in [1.165, 1.54) is 25.1 Å². The van der Waals surface area contributed by atoms with Crippen LogP contribution in [0.2, 0.25) is 0 Å². The largest absolute Gasteiger partial charge is 0.466 e. The van der Waals surface area contributed by atoms with Crippen LogP contribution >= 0.6 is 0 Å². The number of benzene rings is 1. The summed E-state index contributed by atoms with van der Waals surface area (Å²) in [4.78, 5) is 23.4. The normalized spacial score (nSPS) is 10.4. The number of hydrogen-bond donors (Lipinski definition) is 2. The van der Waals surface area contributed by atoms with Crippen molar-refractivity contribution >= 4 is 23.2 Å². The number of hydrogen-bond acceptors (Lipinski definition) is 3. The molecule has 0 bridgehead atoms. The lowest BCUT2D eigenvalue weighted by molar-refractivity contribution is -0.114. The number of carbonyl (C=O) groups excluding carboxylic acids is 2. The van der Waals surface area contributed by atoms with Crippen LogP contribution in [0.4, 0.5) is 15.8 Å². The van der Waals surface area contributed by atoms with Crippen LogP contribution in [0.3, 0.4) is 0 Å². The molecule has 22 heavy (non-hydrogen) atoms. The summed E-state index contributed by atoms with van der Waals surface area (Å²) in [5.74, 6) is -0.0936. The molecule has 5 nitrogen and oxygen atoms in total. The average molecular weight is 304 g/mol. The summed E-state index contributed by atoms with van der Waals surface area (Å²) >= 11 is 0. The first-order valence-electron chi connectivity index (χ1n) is 6.74. The third kappa shape index (κ3) is 3.16. The lowest BCUT2D eigenvalue weighted by Crippen LogP contribution is -2.14. The molecule has 0 radical (unpaired) electrons. The van der Waals surface area contributed by atoms with E-state index in [1.807, 2.05) is 0 Å². The van der Waals surface area contributed by atoms with Crippen molar-refractivity contribution < 1.29 is 18.4 Å². The first kappa shape index (κ1) is 15.8. The molecule has 116 valence electrons. The number of halogens is 1. The summed E-state index contributed by atoms with van der Waals surface area (Å²) in [6, 6.07) is 3.98. The fourth-order valence-electron chi connectivity index (χ4n) is 2.21. The number of furan rings is 1. The Morgan fingerprint density at radius 2 is 1.77 bits per heavy atom. The van der Waals surface area contributed by atoms with E-state index in [9.17, 15) is 14.0 Å². The average Bonchev–Trinajstić information content (AvgIpc) is 2.66. The maximum Gasteiger partial charge on any atom is 0.259 e. The third-order valence-electron chi connectivity index (χ3n) is 3.32. The highest BCUT2D eigenvalue weighted by molar-refractivity contribution is 6.06. The molecule has 0 aliphatic heterocycles. The Morgan fingerprint density at radius 1 is 1.09 bits per heavy atom. The van der Waals surface area contributed by atoms with Crippen molar-refractivity contribution in [1.29, 1.82) is 0 Å². The fourth-order valence-corrected chi connectivity index (χ4v) is 2.21. The minimum Gasteiger partial charge on any atom is -0.466 e. The van der Waals surface area contributed by atoms with Gasteiger partial charge in [0.05, 0.1) is 11.3 Å². The molecule has 0 spiro atoms. The minimum atomic E-state index is -0.570. The molecular formula is C16H17FN2O3. The molecule has 2 N–H and O–H groups in total. The summed E-state index contributed by atoms with van der Waals surface area (Å²) in [5, 5.41) is 5.05. The van der Waals surface area contributed by atoms with Crippen LogP contribution in [0.25, 0.3) is 0 Å². The van der Waals surface area contributed by atoms with Gasteiger partial charge in [0, 0.05) is 18.2 Å². The quantitative estimate of drug-likeness (QED) is 0.911. The Kier molecular flexibility index (Phi) is 4.30. The fraction of sp³-hybridized carbons (Fsp3) is 0.250. The van der Waals surface area contributed by atoms with Gasteiger partial charge in [0.2, 0.25) is 5.91 Å². The maximum atomic E-state index is 13.6. The van der Waals surface area contributed by atoms with Gasteiger partial charge < -0.3 is 15.1 Å². The van der Waals surface area contributed by atoms with Crippen molar-refractivity contribution in [2.24, 2.45) is 0 Å². The standard InChI is InChI=1S/C16H17FN2O3/c1-8-9(2)22-10(3)15(8)16(21)19-12-5-6-13(17)14(7-12)18-11(4)20/h5-7H,1-4H3,(H,18,20)(H,19,21). The van der Waals surface area contributed by atoms with E-state index in [1.54, 1.807) is 20.8 Å². The molecule has 0 fully saturated rings. The zero-order valence-electron chi connectivity index (χ0n) is 12.8. The summed E-state index contributed by atoms with van der Waals surface area (Å²) in [6.45, 7) is 6.58. The first-order chi connectivity index (χ1) is 10.3. The zero-order chi connectivity index (χ0) is 16.4. The second kappa shape index (κ2) is 6.01. The molecule has 0 aliphatic rings. The van der Waals surface area contributed by atoms with Gasteiger partial charge in [-0.1, -0.05) is 0 Å². The van der Waals surface area contributed by atoms with E-state index in [-0.39, 0.29) is 17.5 Å². The van der Waals surface area contributed by atoms with Gasteiger partial charge in [0.1, 0.15) is 17.3 Å². The van der Waals surface area contributed by atoms with Gasteiger partial charge in [0.25, 0.3) is 5.91 Å². The molecule has 1 heterocycles. The van der Waals surface area contributed by atoms with E-state index in [2.05, 4.69) is 10.6 Å². The summed E-state index contributed by atoms with van der Waals surface area (Å²) in [7, 11) is 0. The Bertz CT molecular complexity index is 750. The highest BCUT2D eigenvalue weighted by Gasteiger charge is 2.19. The molecule has 0 saturated carbocycles. The van der Waals surface area contributed by atoms with Crippen LogP contribution in [0.15, 0.2) is 22.6 Å². The van der Waals surface area contributed by atoms with Gasteiger partial charge in [-0.3, -0.25) is 9.59 Å². The van der Waals surface area contributed by atoms with Crippen LogP contribution < -0.4 is 10.6 Å². The maximum absolute atomic E-state index is 13.6. The molecule has 0 atom stereocenters. The van der Waals surface area contributed by atoms with Gasteiger partial charge in [-0.15, -0.1) is 0 Å². The lowest BCUT2D eigenvalue weighted by atomic mass is 10.1. The van der Waals surface area contributed by atoms with Crippen LogP contribution in [-0.4, -0.2) is 11.8 Å². The van der Waals surface area contributed by atoms with Gasteiger partial charge in [0.15, 0.2) is 0 Å². The molecule has 2 amide bonds. The number of amides is 2. The van der Waals surface area contributed by atoms with Crippen molar-refractivity contribution in [3.8, 4) is 0 Å². The molecule has 1 aromatic carbocycles. The van der Waals surface area contributed by atoms with Crippen molar-refractivity contribution in [2.45, 2.75) is 27.7 Å². The second-order valence-electron chi connectivity index (χ2n) is 5.04. The number of anilines is 2. The van der Waals surface area contributed by atoms with E-state index < -0.39 is 5.82 Å². The van der Waals surface area contributed by atoms with Crippen molar-refractivity contribution in [3.05, 3.63) is 46.7 Å². The molecule has 2 aromatic rings. The predicted octanol–water partition coefficient (Wildman–Crippen LogP) is 3.55. The van der Waals surface area contributed by atoms with Gasteiger partial charge in [-0.05, 0) is 39.0 Å². The Hall–Kier alpha value is -2.63. The van der Waals surface area contributed by atoms with E-state index in [0.29, 0.717) is 22.8 Å². The van der Waals surface area contributed by atoms with Crippen LogP contribution in [0.5, 0.6) is 0 Å². The zero-order valence-corrected chi connectivity index (χ0v) is 12.8. The molecule has 0 aliphatic carbocycles. The number of nitrogens with one attached hydrogen (secondary N) is 2. The Labute approximate surface area is 127 Å². The third-order valence-corrected chi connectivity index (χ3v) is 3.32. The lowest BCUT2D eigenvalue weighted by Gasteiger charge is -2.09. The van der Waals surface area contributed by atoms with Crippen LogP contribution in [-0.2, 0) is 4.79 Å². The second-order valence-corrected chi connectivity index (χ2v) is 5.04. The summed E-state index contributed by atoms with van der Waals surface area (Å²) < 4.78 is 19.0. The van der Waals surface area contributed by atoms with Crippen molar-refractivity contribution in [1.82, 2.24) is 0 Å². The SMILES string of the molecule is CC(=O)Nc1cc(NC(=O)c2c(C)oc(C)c2C)ccc1F. The monoisotopic (exact) mass is 304 g/mol. The van der Waals surface area contributed by atoms with Gasteiger partial charge in [-0.2, -0.15) is 0 Å². The van der Waals surface area contributed by atoms with Crippen molar-refractivity contribution in [2.75, 3.05) is 10.6 Å². The highest BCUT2D eigenvalue weighted by Crippen LogP contribution is 2.24. The first-order valence-corrected chi connectivity index (χ1v) is 6.74. The van der Waals surface area contributed by atoms with Gasteiger partial charge >= 0.3 is 0 Å². The smallest absolute Gasteiger partial charge is 0.259 e. The van der Waals surface area contributed by atoms with Gasteiger partial charge in [-0.25, -0.2) is 4.39 Å². The number of rotatable bonds is 3. The van der Waals surface area contributed by atoms with Crippen LogP contribution in [0.1, 0.15) is 34.4 Å². The summed E-state index contributed by atoms with van der Waals surface area (Å²) in [5.41, 5.74) is 1.62. The van der Waals surface area contributed by atoms with Crippen LogP contribution in [0, 0.1) is 26.6 Å². The molecule has 0 unspecified atom stereocenters. The Balaban J connectivity index is 2.27. The summed E-state index contributed by atoms with van der Waals surface area (Å²) in [6.07, 6.45) is 0. The molecular weight excluding hydrogens is 287 g/mol. The molecule has 0 saturated heterocycles. The van der Waals surface area contributed by atoms with E-state index >= 15 is 0 Å².